The summed E-state index contributed by atoms with van der Waals surface area (Å²) in [7, 11) is 0. The Balaban J connectivity index is 0.000000123. The van der Waals surface area contributed by atoms with E-state index in [1.54, 1.807) is 5.56 Å². The second-order valence-corrected chi connectivity index (χ2v) is 24.3. The summed E-state index contributed by atoms with van der Waals surface area (Å²) < 4.78 is 11.7. The van der Waals surface area contributed by atoms with Crippen molar-refractivity contribution in [2.45, 2.75) is 137 Å². The van der Waals surface area contributed by atoms with E-state index >= 15 is 0 Å². The number of aromatic amines is 2. The number of hydrogen-bond acceptors (Lipinski definition) is 5. The highest BCUT2D eigenvalue weighted by molar-refractivity contribution is 5.86. The van der Waals surface area contributed by atoms with Gasteiger partial charge in [-0.2, -0.15) is 0 Å². The lowest BCUT2D eigenvalue weighted by Crippen LogP contribution is -2.10. The molecule has 0 amide bonds. The minimum atomic E-state index is 0.121. The number of fused-ring (bicyclic) bond motifs is 6. The van der Waals surface area contributed by atoms with Gasteiger partial charge >= 0.3 is 0 Å². The predicted octanol–water partition coefficient (Wildman–Crippen LogP) is 18.8. The van der Waals surface area contributed by atoms with Gasteiger partial charge in [-0.15, -0.1) is 0 Å². The Morgan fingerprint density at radius 1 is 0.413 bits per heavy atom. The second-order valence-electron chi connectivity index (χ2n) is 24.3. The molecule has 0 saturated heterocycles. The molecule has 0 bridgehead atoms. The minimum absolute atomic E-state index is 0.121. The number of nitrogens with zero attached hydrogens (tertiary/aromatic N) is 3. The van der Waals surface area contributed by atoms with Gasteiger partial charge in [0.05, 0.1) is 11.0 Å². The lowest BCUT2D eigenvalue weighted by Gasteiger charge is -2.18. The summed E-state index contributed by atoms with van der Waals surface area (Å²) in [5.74, 6) is 2.31. The van der Waals surface area contributed by atoms with E-state index in [2.05, 4.69) is 194 Å². The number of rotatable bonds is 3. The van der Waals surface area contributed by atoms with E-state index < -0.39 is 0 Å². The quantitative estimate of drug-likeness (QED) is 0.184. The lowest BCUT2D eigenvalue weighted by molar-refractivity contribution is 0.589. The molecule has 384 valence electrons. The molecule has 7 nitrogen and oxygen atoms in total. The smallest absolute Gasteiger partial charge is 0.227 e. The first kappa shape index (κ1) is 52.4. The maximum absolute atomic E-state index is 5.89. The zero-order chi connectivity index (χ0) is 53.3. The van der Waals surface area contributed by atoms with Crippen molar-refractivity contribution in [2.75, 3.05) is 0 Å². The van der Waals surface area contributed by atoms with Crippen LogP contribution in [0.25, 0.3) is 78.4 Å². The Morgan fingerprint density at radius 3 is 1.48 bits per heavy atom. The van der Waals surface area contributed by atoms with Crippen molar-refractivity contribution in [1.82, 2.24) is 24.9 Å². The van der Waals surface area contributed by atoms with Crippen molar-refractivity contribution in [1.29, 1.82) is 0 Å². The SMILES string of the molecule is CC(C)(C)c1ccc2c3c([nH]c2c1)CCCC3.CC(C)(C)c1ccc2nc(-c3ccccc3)[nH]c2c1.CC(C)(C)c1ccc2oc(-c3ccccc3)nc2c1.Cc1ccccc1-c1nc2cc(C(C)(C)C)ccc2o1. The number of oxazole rings is 2. The average molecular weight is 994 g/mol. The maximum atomic E-state index is 5.89. The van der Waals surface area contributed by atoms with Gasteiger partial charge in [0.2, 0.25) is 11.8 Å². The van der Waals surface area contributed by atoms with Crippen LogP contribution in [0.15, 0.2) is 167 Å². The van der Waals surface area contributed by atoms with E-state index in [1.807, 2.05) is 78.9 Å². The molecule has 7 heteroatoms. The maximum Gasteiger partial charge on any atom is 0.227 e. The summed E-state index contributed by atoms with van der Waals surface area (Å²) in [5.41, 5.74) is 20.3. The van der Waals surface area contributed by atoms with Crippen LogP contribution in [0.2, 0.25) is 0 Å². The fourth-order valence-corrected chi connectivity index (χ4v) is 9.51. The molecule has 0 atom stereocenters. The normalized spacial score (nSPS) is 12.9. The Bertz CT molecular complexity index is 3580. The van der Waals surface area contributed by atoms with Crippen molar-refractivity contribution in [3.63, 3.8) is 0 Å². The third-order valence-corrected chi connectivity index (χ3v) is 14.3. The monoisotopic (exact) mass is 994 g/mol. The van der Waals surface area contributed by atoms with Gasteiger partial charge in [0.25, 0.3) is 0 Å². The third-order valence-electron chi connectivity index (χ3n) is 14.3. The van der Waals surface area contributed by atoms with Crippen molar-refractivity contribution in [3.8, 4) is 34.3 Å². The van der Waals surface area contributed by atoms with E-state index in [0.29, 0.717) is 11.8 Å². The van der Waals surface area contributed by atoms with Gasteiger partial charge in [0.15, 0.2) is 11.2 Å². The highest BCUT2D eigenvalue weighted by Gasteiger charge is 2.21. The highest BCUT2D eigenvalue weighted by Crippen LogP contribution is 2.35. The molecule has 0 fully saturated rings. The number of hydrogen-bond donors (Lipinski definition) is 2. The molecule has 12 rings (SSSR count). The second kappa shape index (κ2) is 21.0. The van der Waals surface area contributed by atoms with E-state index in [-0.39, 0.29) is 21.7 Å². The predicted molar refractivity (Wildman–Crippen MR) is 315 cm³/mol. The topological polar surface area (TPSA) is 96.5 Å². The molecule has 7 aromatic carbocycles. The number of aromatic nitrogens is 5. The minimum Gasteiger partial charge on any atom is -0.436 e. The molecule has 0 spiro atoms. The van der Waals surface area contributed by atoms with Crippen LogP contribution in [-0.4, -0.2) is 24.9 Å². The molecular formula is C68H75N5O2. The lowest BCUT2D eigenvalue weighted by atomic mass is 9.86. The van der Waals surface area contributed by atoms with Crippen LogP contribution in [0, 0.1) is 6.92 Å². The molecule has 1 aliphatic carbocycles. The standard InChI is InChI=1S/C18H19NO.C17H18N2.C17H17NO.C16H21N/c1-12-7-5-6-8-14(12)17-19-15-11-13(18(2,3)4)9-10-16(15)20-17;1-17(2,3)13-9-10-14-15(11-13)19-16(18-14)12-7-5-4-6-8-12;1-17(2,3)13-9-10-15-14(11-13)18-16(19-15)12-7-5-4-6-8-12;1-16(2,3)11-8-9-13-12-6-4-5-7-14(12)17-15(13)10-11/h5-11H,1-4H3;4-11H,1-3H3,(H,18,19);4-11H,1-3H3;8-10,17H,4-7H2,1-3H3. The fourth-order valence-electron chi connectivity index (χ4n) is 9.51. The van der Waals surface area contributed by atoms with Crippen LogP contribution in [0.5, 0.6) is 0 Å². The largest absolute Gasteiger partial charge is 0.436 e. The summed E-state index contributed by atoms with van der Waals surface area (Å²) in [4.78, 5) is 20.9. The first-order valence-corrected chi connectivity index (χ1v) is 26.7. The van der Waals surface area contributed by atoms with Gasteiger partial charge in [-0.25, -0.2) is 15.0 Å². The van der Waals surface area contributed by atoms with Gasteiger partial charge in [0.1, 0.15) is 16.9 Å². The number of benzene rings is 7. The molecule has 75 heavy (non-hydrogen) atoms. The average Bonchev–Trinajstić information content (AvgIpc) is 4.20. The van der Waals surface area contributed by atoms with Gasteiger partial charge in [0, 0.05) is 33.3 Å². The summed E-state index contributed by atoms with van der Waals surface area (Å²) in [6, 6.07) is 54.3. The van der Waals surface area contributed by atoms with E-state index in [4.69, 9.17) is 8.83 Å². The molecule has 1 aliphatic rings. The molecule has 4 aromatic heterocycles. The van der Waals surface area contributed by atoms with Gasteiger partial charge in [-0.1, -0.05) is 180 Å². The fraction of sp³-hybridized carbons (Fsp3) is 0.309. The molecule has 0 aliphatic heterocycles. The molecule has 0 radical (unpaired) electrons. The van der Waals surface area contributed by atoms with E-state index in [9.17, 15) is 0 Å². The third kappa shape index (κ3) is 12.2. The summed E-state index contributed by atoms with van der Waals surface area (Å²) in [6.45, 7) is 28.8. The molecule has 11 aromatic rings. The van der Waals surface area contributed by atoms with Crippen LogP contribution in [0.4, 0.5) is 0 Å². The number of nitrogens with one attached hydrogen (secondary N) is 2. The van der Waals surface area contributed by atoms with Crippen molar-refractivity contribution in [3.05, 3.63) is 197 Å². The number of H-pyrrole nitrogens is 2. The van der Waals surface area contributed by atoms with Crippen LogP contribution in [-0.2, 0) is 34.5 Å². The molecule has 4 heterocycles. The number of aryl methyl sites for hydroxylation is 3. The van der Waals surface area contributed by atoms with E-state index in [1.165, 1.54) is 70.1 Å². The summed E-state index contributed by atoms with van der Waals surface area (Å²) in [6.07, 6.45) is 5.17. The van der Waals surface area contributed by atoms with Crippen LogP contribution >= 0.6 is 0 Å². The zero-order valence-corrected chi connectivity index (χ0v) is 46.5. The van der Waals surface area contributed by atoms with Gasteiger partial charge < -0.3 is 18.8 Å². The van der Waals surface area contributed by atoms with Crippen molar-refractivity contribution < 1.29 is 8.83 Å². The van der Waals surface area contributed by atoms with Gasteiger partial charge in [-0.05, 0) is 148 Å². The zero-order valence-electron chi connectivity index (χ0n) is 46.5. The summed E-state index contributed by atoms with van der Waals surface area (Å²) in [5, 5.41) is 1.45. The Kier molecular flexibility index (Phi) is 14.7. The first-order chi connectivity index (χ1) is 35.6. The number of imidazole rings is 1. The Morgan fingerprint density at radius 2 is 0.893 bits per heavy atom. The van der Waals surface area contributed by atoms with Crippen molar-refractivity contribution in [2.24, 2.45) is 0 Å². The van der Waals surface area contributed by atoms with E-state index in [0.717, 1.165) is 55.7 Å². The Labute approximate surface area is 444 Å². The molecule has 0 saturated carbocycles. The molecular weight excluding hydrogens is 919 g/mol. The summed E-state index contributed by atoms with van der Waals surface area (Å²) >= 11 is 0. The van der Waals surface area contributed by atoms with Crippen LogP contribution in [0.3, 0.4) is 0 Å². The molecule has 0 unspecified atom stereocenters. The molecule has 2 N–H and O–H groups in total. The van der Waals surface area contributed by atoms with Crippen LogP contribution in [0.1, 0.15) is 135 Å². The van der Waals surface area contributed by atoms with Gasteiger partial charge in [-0.3, -0.25) is 0 Å². The highest BCUT2D eigenvalue weighted by atomic mass is 16.4. The van der Waals surface area contributed by atoms with Crippen LogP contribution < -0.4 is 0 Å². The Hall–Kier alpha value is -7.51. The first-order valence-electron chi connectivity index (χ1n) is 26.7. The van der Waals surface area contributed by atoms with Crippen molar-refractivity contribution >= 4 is 44.1 Å².